The van der Waals surface area contributed by atoms with Gasteiger partial charge >= 0.3 is 0 Å². The maximum Gasteiger partial charge on any atom is 0.266 e. The van der Waals surface area contributed by atoms with Gasteiger partial charge in [0.1, 0.15) is 5.75 Å². The second-order valence-electron chi connectivity index (χ2n) is 4.82. The SMILES string of the molecule is Cc1ccc2c(c1)CC(C)(C(=O)N(C)C)O2. The number of ether oxygens (including phenoxy) is 1. The third kappa shape index (κ3) is 1.66. The molecule has 0 saturated carbocycles. The number of benzene rings is 1. The molecule has 0 spiro atoms. The van der Waals surface area contributed by atoms with Gasteiger partial charge < -0.3 is 9.64 Å². The number of carbonyl (C=O) groups excluding carboxylic acids is 1. The Balaban J connectivity index is 2.31. The number of hydrogen-bond donors (Lipinski definition) is 0. The Morgan fingerprint density at radius 3 is 2.75 bits per heavy atom. The molecule has 0 N–H and O–H groups in total. The molecule has 1 aliphatic rings. The summed E-state index contributed by atoms with van der Waals surface area (Å²) in [5.74, 6) is 0.852. The van der Waals surface area contributed by atoms with Crippen LogP contribution in [0.4, 0.5) is 0 Å². The summed E-state index contributed by atoms with van der Waals surface area (Å²) in [5.41, 5.74) is 1.58. The highest BCUT2D eigenvalue weighted by molar-refractivity contribution is 5.86. The highest BCUT2D eigenvalue weighted by atomic mass is 16.5. The highest BCUT2D eigenvalue weighted by Gasteiger charge is 2.42. The number of fused-ring (bicyclic) bond motifs is 1. The van der Waals surface area contributed by atoms with Crippen LogP contribution in [0.25, 0.3) is 0 Å². The average molecular weight is 219 g/mol. The van der Waals surface area contributed by atoms with Crippen LogP contribution < -0.4 is 4.74 Å². The predicted octanol–water partition coefficient (Wildman–Crippen LogP) is 1.78. The van der Waals surface area contributed by atoms with E-state index in [0.29, 0.717) is 6.42 Å². The largest absolute Gasteiger partial charge is 0.477 e. The Morgan fingerprint density at radius 2 is 2.12 bits per heavy atom. The molecule has 0 aliphatic carbocycles. The molecule has 1 unspecified atom stereocenters. The second-order valence-corrected chi connectivity index (χ2v) is 4.82. The van der Waals surface area contributed by atoms with Gasteiger partial charge in [0.25, 0.3) is 5.91 Å². The molecule has 1 atom stereocenters. The van der Waals surface area contributed by atoms with Gasteiger partial charge in [0.2, 0.25) is 0 Å². The summed E-state index contributed by atoms with van der Waals surface area (Å²) in [4.78, 5) is 13.6. The van der Waals surface area contributed by atoms with Crippen molar-refractivity contribution < 1.29 is 9.53 Å². The Hall–Kier alpha value is -1.51. The molecule has 0 aromatic heterocycles. The first-order valence-electron chi connectivity index (χ1n) is 5.43. The van der Waals surface area contributed by atoms with Gasteiger partial charge in [0, 0.05) is 20.5 Å². The fourth-order valence-electron chi connectivity index (χ4n) is 2.18. The van der Waals surface area contributed by atoms with Crippen molar-refractivity contribution in [2.45, 2.75) is 25.9 Å². The van der Waals surface area contributed by atoms with Gasteiger partial charge in [0.15, 0.2) is 5.60 Å². The zero-order chi connectivity index (χ0) is 11.9. The van der Waals surface area contributed by atoms with Gasteiger partial charge in [-0.3, -0.25) is 4.79 Å². The first kappa shape index (κ1) is 11.0. The second kappa shape index (κ2) is 3.51. The van der Waals surface area contributed by atoms with Gasteiger partial charge in [-0.2, -0.15) is 0 Å². The lowest BCUT2D eigenvalue weighted by atomic mass is 9.97. The summed E-state index contributed by atoms with van der Waals surface area (Å²) >= 11 is 0. The number of likely N-dealkylation sites (N-methyl/N-ethyl adjacent to an activating group) is 1. The van der Waals surface area contributed by atoms with E-state index in [0.717, 1.165) is 11.3 Å². The fraction of sp³-hybridized carbons (Fsp3) is 0.462. The Labute approximate surface area is 96.0 Å². The molecule has 1 aromatic carbocycles. The molecular formula is C13H17NO2. The first-order valence-corrected chi connectivity index (χ1v) is 5.43. The molecule has 1 heterocycles. The van der Waals surface area contributed by atoms with E-state index in [9.17, 15) is 4.79 Å². The normalized spacial score (nSPS) is 22.5. The molecule has 0 fully saturated rings. The Bertz CT molecular complexity index is 440. The van der Waals surface area contributed by atoms with Crippen LogP contribution >= 0.6 is 0 Å². The molecule has 3 heteroatoms. The molecule has 0 radical (unpaired) electrons. The van der Waals surface area contributed by atoms with E-state index in [-0.39, 0.29) is 5.91 Å². The minimum Gasteiger partial charge on any atom is -0.477 e. The lowest BCUT2D eigenvalue weighted by Crippen LogP contribution is -2.47. The van der Waals surface area contributed by atoms with Crippen LogP contribution in [0.15, 0.2) is 18.2 Å². The summed E-state index contributed by atoms with van der Waals surface area (Å²) in [6.45, 7) is 3.90. The van der Waals surface area contributed by atoms with Crippen LogP contribution in [0.3, 0.4) is 0 Å². The van der Waals surface area contributed by atoms with Crippen LogP contribution in [-0.2, 0) is 11.2 Å². The third-order valence-electron chi connectivity index (χ3n) is 2.94. The number of aryl methyl sites for hydroxylation is 1. The van der Waals surface area contributed by atoms with Crippen LogP contribution in [0.1, 0.15) is 18.1 Å². The molecule has 0 bridgehead atoms. The van der Waals surface area contributed by atoms with Gasteiger partial charge in [-0.15, -0.1) is 0 Å². The van der Waals surface area contributed by atoms with Crippen molar-refractivity contribution >= 4 is 5.91 Å². The van der Waals surface area contributed by atoms with E-state index in [1.807, 2.05) is 26.0 Å². The molecule has 2 rings (SSSR count). The number of hydrogen-bond acceptors (Lipinski definition) is 2. The number of amides is 1. The molecule has 0 saturated heterocycles. The number of carbonyl (C=O) groups is 1. The third-order valence-corrected chi connectivity index (χ3v) is 2.94. The fourth-order valence-corrected chi connectivity index (χ4v) is 2.18. The maximum atomic E-state index is 12.0. The average Bonchev–Trinajstić information content (AvgIpc) is 2.53. The van der Waals surface area contributed by atoms with E-state index in [2.05, 4.69) is 6.07 Å². The van der Waals surface area contributed by atoms with Crippen LogP contribution in [0.2, 0.25) is 0 Å². The summed E-state index contributed by atoms with van der Waals surface area (Å²) in [5, 5.41) is 0. The summed E-state index contributed by atoms with van der Waals surface area (Å²) in [7, 11) is 3.51. The molecule has 1 aromatic rings. The molecule has 86 valence electrons. The van der Waals surface area contributed by atoms with Crippen molar-refractivity contribution in [1.29, 1.82) is 0 Å². The van der Waals surface area contributed by atoms with Crippen molar-refractivity contribution in [2.24, 2.45) is 0 Å². The van der Waals surface area contributed by atoms with Gasteiger partial charge in [-0.05, 0) is 25.5 Å². The van der Waals surface area contributed by atoms with Crippen molar-refractivity contribution in [3.63, 3.8) is 0 Å². The number of nitrogens with zero attached hydrogens (tertiary/aromatic N) is 1. The lowest BCUT2D eigenvalue weighted by molar-refractivity contribution is -0.142. The van der Waals surface area contributed by atoms with Crippen LogP contribution in [-0.4, -0.2) is 30.5 Å². The maximum absolute atomic E-state index is 12.0. The van der Waals surface area contributed by atoms with Crippen molar-refractivity contribution in [1.82, 2.24) is 4.90 Å². The Kier molecular flexibility index (Phi) is 2.41. The predicted molar refractivity (Wildman–Crippen MR) is 62.6 cm³/mol. The van der Waals surface area contributed by atoms with E-state index >= 15 is 0 Å². The van der Waals surface area contributed by atoms with Gasteiger partial charge in [-0.25, -0.2) is 0 Å². The smallest absolute Gasteiger partial charge is 0.266 e. The summed E-state index contributed by atoms with van der Waals surface area (Å²) in [6.07, 6.45) is 0.654. The number of rotatable bonds is 1. The van der Waals surface area contributed by atoms with Crippen molar-refractivity contribution in [3.8, 4) is 5.75 Å². The van der Waals surface area contributed by atoms with Crippen molar-refractivity contribution in [3.05, 3.63) is 29.3 Å². The molecular weight excluding hydrogens is 202 g/mol. The van der Waals surface area contributed by atoms with Crippen molar-refractivity contribution in [2.75, 3.05) is 14.1 Å². The Morgan fingerprint density at radius 1 is 1.44 bits per heavy atom. The van der Waals surface area contributed by atoms with Gasteiger partial charge in [-0.1, -0.05) is 17.7 Å². The standard InChI is InChI=1S/C13H17NO2/c1-9-5-6-11-10(7-9)8-13(2,16-11)12(15)14(3)4/h5-7H,8H2,1-4H3. The first-order chi connectivity index (χ1) is 7.42. The zero-order valence-electron chi connectivity index (χ0n) is 10.2. The van der Waals surface area contributed by atoms with Gasteiger partial charge in [0.05, 0.1) is 0 Å². The molecule has 1 amide bonds. The van der Waals surface area contributed by atoms with E-state index < -0.39 is 5.60 Å². The van der Waals surface area contributed by atoms with E-state index in [1.54, 1.807) is 19.0 Å². The van der Waals surface area contributed by atoms with E-state index in [1.165, 1.54) is 5.56 Å². The summed E-state index contributed by atoms with van der Waals surface area (Å²) in [6, 6.07) is 6.03. The van der Waals surface area contributed by atoms with E-state index in [4.69, 9.17) is 4.74 Å². The monoisotopic (exact) mass is 219 g/mol. The molecule has 16 heavy (non-hydrogen) atoms. The van der Waals surface area contributed by atoms with Crippen LogP contribution in [0.5, 0.6) is 5.75 Å². The minimum absolute atomic E-state index is 0.0151. The zero-order valence-corrected chi connectivity index (χ0v) is 10.2. The molecule has 3 nitrogen and oxygen atoms in total. The topological polar surface area (TPSA) is 29.5 Å². The molecule has 1 aliphatic heterocycles. The highest BCUT2D eigenvalue weighted by Crippen LogP contribution is 2.36. The minimum atomic E-state index is -0.736. The lowest BCUT2D eigenvalue weighted by Gasteiger charge is -2.26. The summed E-state index contributed by atoms with van der Waals surface area (Å²) < 4.78 is 5.78. The van der Waals surface area contributed by atoms with Crippen LogP contribution in [0, 0.1) is 6.92 Å². The quantitative estimate of drug-likeness (QED) is 0.720.